The highest BCUT2D eigenvalue weighted by Crippen LogP contribution is 2.42. The zero-order valence-corrected chi connectivity index (χ0v) is 33.8. The average Bonchev–Trinajstić information content (AvgIpc) is 3.90. The number of carbonyl (C=O) groups excluding carboxylic acids is 4. The van der Waals surface area contributed by atoms with Gasteiger partial charge in [-0.1, -0.05) is 62.9 Å². The number of aliphatic carboxylic acids is 2. The van der Waals surface area contributed by atoms with Crippen molar-refractivity contribution in [2.24, 2.45) is 11.8 Å². The fraction of sp³-hybridized carbons (Fsp3) is 0.714. The lowest BCUT2D eigenvalue weighted by Crippen LogP contribution is -2.55. The second-order valence-electron chi connectivity index (χ2n) is 15.7. The highest BCUT2D eigenvalue weighted by atomic mass is 16.5. The standard InChI is InChI=1S/C23H32N2O5.C19H32N2O5/c1-3-30-23(29)18(13-12-16-8-5-4-6-9-16)24-15(2)21(26)25-19-11-7-10-17(19)14-20(25)22(27)28;1-4-8-14(19(25)26-5-2)20-12(3)17(22)21-15-10-7-6-9-13(15)11-16(21)18(23)24/h4-6,8-9,15,17-20,24H,3,7,10-14H2,1-2H3,(H,27,28);12-16,20H,4-11H2,1-3H3,(H,23,24)/t15-,17-,18-,19-,20-;12-,13-,14-,15-,16-/m00/s1. The summed E-state index contributed by atoms with van der Waals surface area (Å²) >= 11 is 0. The maximum absolute atomic E-state index is 13.2. The summed E-state index contributed by atoms with van der Waals surface area (Å²) < 4.78 is 10.3. The Kier molecular flexibility index (Phi) is 17.1. The Labute approximate surface area is 331 Å². The Hall–Kier alpha value is -4.04. The van der Waals surface area contributed by atoms with Gasteiger partial charge in [0.2, 0.25) is 11.8 Å². The van der Waals surface area contributed by atoms with Gasteiger partial charge in [0, 0.05) is 12.1 Å². The van der Waals surface area contributed by atoms with Crippen molar-refractivity contribution in [3.63, 3.8) is 0 Å². The number of aryl methyl sites for hydroxylation is 1. The molecular formula is C42H64N4O10. The first-order chi connectivity index (χ1) is 26.8. The van der Waals surface area contributed by atoms with E-state index in [-0.39, 0.29) is 54.3 Å². The summed E-state index contributed by atoms with van der Waals surface area (Å²) in [6.07, 6.45) is 10.4. The van der Waals surface area contributed by atoms with Crippen molar-refractivity contribution >= 4 is 35.7 Å². The van der Waals surface area contributed by atoms with Crippen LogP contribution in [0.15, 0.2) is 30.3 Å². The molecule has 0 spiro atoms. The maximum atomic E-state index is 13.2. The summed E-state index contributed by atoms with van der Waals surface area (Å²) in [7, 11) is 0. The Balaban J connectivity index is 0.000000251. The van der Waals surface area contributed by atoms with E-state index in [0.717, 1.165) is 56.9 Å². The summed E-state index contributed by atoms with van der Waals surface area (Å²) in [4.78, 5) is 77.5. The number of esters is 2. The van der Waals surface area contributed by atoms with Crippen LogP contribution in [0.4, 0.5) is 0 Å². The van der Waals surface area contributed by atoms with Crippen LogP contribution in [0.3, 0.4) is 0 Å². The van der Waals surface area contributed by atoms with E-state index in [2.05, 4.69) is 10.6 Å². The molecule has 1 aromatic carbocycles. The molecular weight excluding hydrogens is 720 g/mol. The van der Waals surface area contributed by atoms with Gasteiger partial charge in [-0.05, 0) is 103 Å². The van der Waals surface area contributed by atoms with Crippen LogP contribution in [0.5, 0.6) is 0 Å². The number of hydrogen-bond acceptors (Lipinski definition) is 10. The molecule has 0 unspecified atom stereocenters. The van der Waals surface area contributed by atoms with Crippen LogP contribution < -0.4 is 10.6 Å². The summed E-state index contributed by atoms with van der Waals surface area (Å²) in [5.74, 6) is -2.56. The third-order valence-electron chi connectivity index (χ3n) is 11.9. The van der Waals surface area contributed by atoms with Crippen LogP contribution in [0, 0.1) is 11.8 Å². The largest absolute Gasteiger partial charge is 0.480 e. The number of likely N-dealkylation sites (tertiary alicyclic amines) is 2. The molecule has 2 heterocycles. The van der Waals surface area contributed by atoms with Crippen LogP contribution in [-0.4, -0.2) is 117 Å². The Morgan fingerprint density at radius 3 is 1.59 bits per heavy atom. The number of hydrogen-bond donors (Lipinski definition) is 4. The number of nitrogens with zero attached hydrogens (tertiary/aromatic N) is 2. The van der Waals surface area contributed by atoms with Crippen molar-refractivity contribution in [3.8, 4) is 0 Å². The molecule has 2 saturated carbocycles. The summed E-state index contributed by atoms with van der Waals surface area (Å²) in [5.41, 5.74) is 1.10. The number of ether oxygens (including phenoxy) is 2. The van der Waals surface area contributed by atoms with E-state index in [1.54, 1.807) is 37.5 Å². The molecule has 2 amide bonds. The second-order valence-corrected chi connectivity index (χ2v) is 15.7. The summed E-state index contributed by atoms with van der Waals surface area (Å²) in [6, 6.07) is 5.83. The van der Waals surface area contributed by atoms with Gasteiger partial charge in [-0.3, -0.25) is 29.8 Å². The van der Waals surface area contributed by atoms with E-state index >= 15 is 0 Å². The molecule has 56 heavy (non-hydrogen) atoms. The van der Waals surface area contributed by atoms with Gasteiger partial charge < -0.3 is 29.5 Å². The number of benzene rings is 1. The highest BCUT2D eigenvalue weighted by Gasteiger charge is 2.50. The lowest BCUT2D eigenvalue weighted by Gasteiger charge is -2.35. The predicted octanol–water partition coefficient (Wildman–Crippen LogP) is 4.32. The minimum atomic E-state index is -0.948. The third kappa shape index (κ3) is 11.3. The summed E-state index contributed by atoms with van der Waals surface area (Å²) in [6.45, 7) is 9.44. The molecule has 4 N–H and O–H groups in total. The monoisotopic (exact) mass is 784 g/mol. The van der Waals surface area contributed by atoms with E-state index in [1.165, 1.54) is 0 Å². The third-order valence-corrected chi connectivity index (χ3v) is 11.9. The molecule has 1 aromatic rings. The highest BCUT2D eigenvalue weighted by molar-refractivity contribution is 5.89. The molecule has 2 aliphatic heterocycles. The van der Waals surface area contributed by atoms with Gasteiger partial charge in [0.25, 0.3) is 0 Å². The normalized spacial score (nSPS) is 26.1. The fourth-order valence-electron chi connectivity index (χ4n) is 9.29. The first kappa shape index (κ1) is 44.7. The second kappa shape index (κ2) is 21.5. The molecule has 0 radical (unpaired) electrons. The van der Waals surface area contributed by atoms with Crippen LogP contribution in [0.1, 0.15) is 117 Å². The number of carboxylic acid groups (broad SMARTS) is 2. The zero-order chi connectivity index (χ0) is 40.9. The van der Waals surface area contributed by atoms with E-state index in [1.807, 2.05) is 37.3 Å². The van der Waals surface area contributed by atoms with Crippen molar-refractivity contribution in [3.05, 3.63) is 35.9 Å². The van der Waals surface area contributed by atoms with Gasteiger partial charge in [-0.25, -0.2) is 9.59 Å². The van der Waals surface area contributed by atoms with Gasteiger partial charge in [0.15, 0.2) is 0 Å². The molecule has 4 fully saturated rings. The van der Waals surface area contributed by atoms with Crippen molar-refractivity contribution in [2.75, 3.05) is 13.2 Å². The molecule has 2 saturated heterocycles. The van der Waals surface area contributed by atoms with E-state index < -0.39 is 48.2 Å². The van der Waals surface area contributed by atoms with Crippen molar-refractivity contribution in [1.29, 1.82) is 0 Å². The van der Waals surface area contributed by atoms with Crippen LogP contribution in [0.2, 0.25) is 0 Å². The molecule has 5 rings (SSSR count). The lowest BCUT2D eigenvalue weighted by molar-refractivity contribution is -0.152. The van der Waals surface area contributed by atoms with Crippen LogP contribution in [0.25, 0.3) is 0 Å². The molecule has 2 aliphatic carbocycles. The van der Waals surface area contributed by atoms with E-state index in [9.17, 15) is 39.0 Å². The van der Waals surface area contributed by atoms with E-state index in [0.29, 0.717) is 38.7 Å². The minimum absolute atomic E-state index is 0.00629. The van der Waals surface area contributed by atoms with Gasteiger partial charge in [-0.2, -0.15) is 0 Å². The number of rotatable bonds is 17. The smallest absolute Gasteiger partial charge is 0.326 e. The maximum Gasteiger partial charge on any atom is 0.326 e. The van der Waals surface area contributed by atoms with E-state index in [4.69, 9.17) is 9.47 Å². The molecule has 0 aromatic heterocycles. The fourth-order valence-corrected chi connectivity index (χ4v) is 9.29. The van der Waals surface area contributed by atoms with Crippen LogP contribution in [-0.2, 0) is 44.7 Å². The molecule has 0 bridgehead atoms. The van der Waals surface area contributed by atoms with Crippen molar-refractivity contribution < 1.29 is 48.5 Å². The van der Waals surface area contributed by atoms with Crippen LogP contribution >= 0.6 is 0 Å². The molecule has 10 atom stereocenters. The van der Waals surface area contributed by atoms with Gasteiger partial charge >= 0.3 is 23.9 Å². The first-order valence-corrected chi connectivity index (χ1v) is 20.8. The summed E-state index contributed by atoms with van der Waals surface area (Å²) in [5, 5.41) is 25.4. The molecule has 312 valence electrons. The minimum Gasteiger partial charge on any atom is -0.480 e. The number of carboxylic acids is 2. The quantitative estimate of drug-likeness (QED) is 0.164. The lowest BCUT2D eigenvalue weighted by atomic mass is 9.84. The van der Waals surface area contributed by atoms with Gasteiger partial charge in [-0.15, -0.1) is 0 Å². The topological polar surface area (TPSA) is 192 Å². The molecule has 4 aliphatic rings. The number of nitrogens with one attached hydrogen (secondary N) is 2. The number of fused-ring (bicyclic) bond motifs is 2. The van der Waals surface area contributed by atoms with Gasteiger partial charge in [0.1, 0.15) is 24.2 Å². The Morgan fingerprint density at radius 2 is 1.12 bits per heavy atom. The molecule has 14 nitrogen and oxygen atoms in total. The Bertz CT molecular complexity index is 1490. The number of carbonyl (C=O) groups is 6. The molecule has 14 heteroatoms. The predicted molar refractivity (Wildman–Crippen MR) is 208 cm³/mol. The van der Waals surface area contributed by atoms with Gasteiger partial charge in [0.05, 0.1) is 25.3 Å². The first-order valence-electron chi connectivity index (χ1n) is 20.8. The number of amides is 2. The average molecular weight is 785 g/mol. The zero-order valence-electron chi connectivity index (χ0n) is 33.8. The SMILES string of the molecule is CCC[C@H](N[C@@H](C)C(=O)N1[C@H](C(=O)O)C[C@@H]2CCCC[C@@H]21)C(=O)OCC.CCOC(=O)[C@H](CCc1ccccc1)N[C@@H](C)C(=O)N1[C@H](C(=O)O)C[C@@H]2CCC[C@@H]21. The van der Waals surface area contributed by atoms with Crippen molar-refractivity contribution in [1.82, 2.24) is 20.4 Å². The Morgan fingerprint density at radius 1 is 0.679 bits per heavy atom. The van der Waals surface area contributed by atoms with Crippen molar-refractivity contribution in [2.45, 2.75) is 166 Å².